The summed E-state index contributed by atoms with van der Waals surface area (Å²) in [6.07, 6.45) is 5.46. The summed E-state index contributed by atoms with van der Waals surface area (Å²) < 4.78 is 17.6. The van der Waals surface area contributed by atoms with Gasteiger partial charge in [-0.15, -0.1) is 0 Å². The van der Waals surface area contributed by atoms with Crippen LogP contribution < -0.4 is 19.5 Å². The Morgan fingerprint density at radius 3 is 2.61 bits per heavy atom. The quantitative estimate of drug-likeness (QED) is 0.698. The number of amides is 1. The number of fused-ring (bicyclic) bond motifs is 2. The third-order valence-corrected chi connectivity index (χ3v) is 6.26. The van der Waals surface area contributed by atoms with Gasteiger partial charge >= 0.3 is 0 Å². The highest BCUT2D eigenvalue weighted by molar-refractivity contribution is 5.81. The normalized spacial score (nSPS) is 19.9. The molecule has 0 fully saturated rings. The number of hydrogen-bond donors (Lipinski definition) is 1. The van der Waals surface area contributed by atoms with Crippen molar-refractivity contribution in [2.24, 2.45) is 0 Å². The van der Waals surface area contributed by atoms with Crippen LogP contribution >= 0.6 is 0 Å². The van der Waals surface area contributed by atoms with Crippen LogP contribution in [0, 0.1) is 0 Å². The van der Waals surface area contributed by atoms with Crippen molar-refractivity contribution in [3.63, 3.8) is 0 Å². The van der Waals surface area contributed by atoms with Crippen molar-refractivity contribution >= 4 is 5.91 Å². The molecule has 0 unspecified atom stereocenters. The lowest BCUT2D eigenvalue weighted by molar-refractivity contribution is -0.129. The molecule has 2 aliphatic rings. The summed E-state index contributed by atoms with van der Waals surface area (Å²) in [6, 6.07) is 11.9. The number of ether oxygens (including phenoxy) is 3. The summed E-state index contributed by atoms with van der Waals surface area (Å²) in [7, 11) is 1.64. The minimum absolute atomic E-state index is 0.0929. The summed E-state index contributed by atoms with van der Waals surface area (Å²) in [5, 5.41) is 3.22. The SMILES string of the molecule is CC[C@@H](Oc1ccc2c(c1)CCCC2)C(=O)N[C@H]1CC(C)(C)Oc2cc(OC)ccc21. The molecule has 5 nitrogen and oxygen atoms in total. The number of carbonyl (C=O) groups is 1. The first kappa shape index (κ1) is 21.5. The van der Waals surface area contributed by atoms with E-state index in [1.807, 2.05) is 45.0 Å². The van der Waals surface area contributed by atoms with Gasteiger partial charge in [0.15, 0.2) is 6.10 Å². The number of nitrogens with one attached hydrogen (secondary N) is 1. The second-order valence-electron chi connectivity index (χ2n) is 9.18. The first-order valence-electron chi connectivity index (χ1n) is 11.3. The van der Waals surface area contributed by atoms with E-state index in [1.165, 1.54) is 24.0 Å². The molecule has 0 aromatic heterocycles. The van der Waals surface area contributed by atoms with Crippen LogP contribution in [-0.2, 0) is 17.6 Å². The summed E-state index contributed by atoms with van der Waals surface area (Å²) >= 11 is 0. The molecule has 2 aromatic carbocycles. The Morgan fingerprint density at radius 1 is 1.13 bits per heavy atom. The zero-order valence-electron chi connectivity index (χ0n) is 19.0. The Hall–Kier alpha value is -2.69. The van der Waals surface area contributed by atoms with Crippen molar-refractivity contribution in [3.05, 3.63) is 53.1 Å². The van der Waals surface area contributed by atoms with E-state index >= 15 is 0 Å². The topological polar surface area (TPSA) is 56.8 Å². The third kappa shape index (κ3) is 4.81. The van der Waals surface area contributed by atoms with Crippen LogP contribution in [0.25, 0.3) is 0 Å². The summed E-state index contributed by atoms with van der Waals surface area (Å²) in [6.45, 7) is 6.06. The Kier molecular flexibility index (Phi) is 6.12. The fourth-order valence-corrected chi connectivity index (χ4v) is 4.62. The van der Waals surface area contributed by atoms with E-state index in [4.69, 9.17) is 14.2 Å². The molecule has 2 aromatic rings. The van der Waals surface area contributed by atoms with Crippen LogP contribution in [-0.4, -0.2) is 24.7 Å². The Labute approximate surface area is 185 Å². The number of benzene rings is 2. The van der Waals surface area contributed by atoms with Gasteiger partial charge in [-0.05, 0) is 81.3 Å². The molecule has 1 aliphatic heterocycles. The van der Waals surface area contributed by atoms with Gasteiger partial charge in [-0.1, -0.05) is 13.0 Å². The van der Waals surface area contributed by atoms with Crippen molar-refractivity contribution in [2.45, 2.75) is 77.0 Å². The van der Waals surface area contributed by atoms with E-state index in [1.54, 1.807) is 7.11 Å². The maximum atomic E-state index is 13.2. The fourth-order valence-electron chi connectivity index (χ4n) is 4.62. The monoisotopic (exact) mass is 423 g/mol. The van der Waals surface area contributed by atoms with Crippen molar-refractivity contribution in [3.8, 4) is 17.2 Å². The molecule has 1 N–H and O–H groups in total. The lowest BCUT2D eigenvalue weighted by atomic mass is 9.89. The highest BCUT2D eigenvalue weighted by atomic mass is 16.5. The number of carbonyl (C=O) groups excluding carboxylic acids is 1. The molecule has 0 saturated carbocycles. The Morgan fingerprint density at radius 2 is 1.87 bits per heavy atom. The standard InChI is InChI=1S/C26H33NO4/c1-5-23(30-20-11-10-17-8-6-7-9-18(17)14-20)25(28)27-22-16-26(2,3)31-24-15-19(29-4)12-13-21(22)24/h10-15,22-23H,5-9,16H2,1-4H3,(H,27,28)/t22-,23+/m0/s1. The van der Waals surface area contributed by atoms with Gasteiger partial charge in [-0.2, -0.15) is 0 Å². The van der Waals surface area contributed by atoms with Gasteiger partial charge < -0.3 is 19.5 Å². The predicted octanol–water partition coefficient (Wildman–Crippen LogP) is 5.15. The van der Waals surface area contributed by atoms with E-state index in [0.29, 0.717) is 12.8 Å². The molecule has 2 atom stereocenters. The highest BCUT2D eigenvalue weighted by Gasteiger charge is 2.36. The zero-order chi connectivity index (χ0) is 22.0. The molecule has 0 bridgehead atoms. The predicted molar refractivity (Wildman–Crippen MR) is 121 cm³/mol. The maximum absolute atomic E-state index is 13.2. The number of aryl methyl sites for hydroxylation is 2. The van der Waals surface area contributed by atoms with Gasteiger partial charge in [-0.3, -0.25) is 4.79 Å². The molecule has 0 spiro atoms. The van der Waals surface area contributed by atoms with Crippen LogP contribution in [0.3, 0.4) is 0 Å². The van der Waals surface area contributed by atoms with Crippen LogP contribution in [0.5, 0.6) is 17.2 Å². The van der Waals surface area contributed by atoms with E-state index in [0.717, 1.165) is 35.7 Å². The Balaban J connectivity index is 1.50. The Bertz CT molecular complexity index is 952. The molecule has 5 heteroatoms. The average Bonchev–Trinajstić information content (AvgIpc) is 2.76. The molecular weight excluding hydrogens is 390 g/mol. The molecule has 1 aliphatic carbocycles. The average molecular weight is 424 g/mol. The van der Waals surface area contributed by atoms with Gasteiger partial charge in [0.2, 0.25) is 0 Å². The van der Waals surface area contributed by atoms with Crippen molar-refractivity contribution in [1.82, 2.24) is 5.32 Å². The molecule has 0 radical (unpaired) electrons. The van der Waals surface area contributed by atoms with E-state index in [9.17, 15) is 4.79 Å². The first-order chi connectivity index (χ1) is 14.9. The number of methoxy groups -OCH3 is 1. The van der Waals surface area contributed by atoms with Crippen molar-refractivity contribution < 1.29 is 19.0 Å². The largest absolute Gasteiger partial charge is 0.497 e. The zero-order valence-corrected chi connectivity index (χ0v) is 19.0. The molecule has 0 saturated heterocycles. The van der Waals surface area contributed by atoms with Crippen LogP contribution in [0.1, 0.15) is 69.2 Å². The van der Waals surface area contributed by atoms with E-state index < -0.39 is 11.7 Å². The van der Waals surface area contributed by atoms with Crippen LogP contribution in [0.15, 0.2) is 36.4 Å². The van der Waals surface area contributed by atoms with E-state index in [-0.39, 0.29) is 11.9 Å². The minimum atomic E-state index is -0.533. The number of hydrogen-bond acceptors (Lipinski definition) is 4. The summed E-state index contributed by atoms with van der Waals surface area (Å²) in [5.74, 6) is 2.18. The second-order valence-corrected chi connectivity index (χ2v) is 9.18. The molecule has 31 heavy (non-hydrogen) atoms. The summed E-state index contributed by atoms with van der Waals surface area (Å²) in [5.41, 5.74) is 3.34. The van der Waals surface area contributed by atoms with Gasteiger partial charge in [-0.25, -0.2) is 0 Å². The lowest BCUT2D eigenvalue weighted by Crippen LogP contribution is -2.45. The van der Waals surface area contributed by atoms with Gasteiger partial charge in [0, 0.05) is 18.1 Å². The van der Waals surface area contributed by atoms with E-state index in [2.05, 4.69) is 17.4 Å². The molecular formula is C26H33NO4. The van der Waals surface area contributed by atoms with Gasteiger partial charge in [0.25, 0.3) is 5.91 Å². The third-order valence-electron chi connectivity index (χ3n) is 6.26. The van der Waals surface area contributed by atoms with Crippen molar-refractivity contribution in [1.29, 1.82) is 0 Å². The number of rotatable bonds is 6. The molecule has 1 heterocycles. The molecule has 4 rings (SSSR count). The van der Waals surface area contributed by atoms with Crippen LogP contribution in [0.2, 0.25) is 0 Å². The maximum Gasteiger partial charge on any atom is 0.261 e. The smallest absolute Gasteiger partial charge is 0.261 e. The fraction of sp³-hybridized carbons (Fsp3) is 0.500. The van der Waals surface area contributed by atoms with Gasteiger partial charge in [0.1, 0.15) is 22.8 Å². The molecule has 1 amide bonds. The summed E-state index contributed by atoms with van der Waals surface area (Å²) in [4.78, 5) is 13.2. The lowest BCUT2D eigenvalue weighted by Gasteiger charge is -2.38. The highest BCUT2D eigenvalue weighted by Crippen LogP contribution is 2.41. The first-order valence-corrected chi connectivity index (χ1v) is 11.3. The molecule has 166 valence electrons. The van der Waals surface area contributed by atoms with Crippen molar-refractivity contribution in [2.75, 3.05) is 7.11 Å². The van der Waals surface area contributed by atoms with Gasteiger partial charge in [0.05, 0.1) is 13.2 Å². The minimum Gasteiger partial charge on any atom is -0.497 e. The van der Waals surface area contributed by atoms with Crippen LogP contribution in [0.4, 0.5) is 0 Å². The second kappa shape index (κ2) is 8.81.